The highest BCUT2D eigenvalue weighted by atomic mass is 16.6. The summed E-state index contributed by atoms with van der Waals surface area (Å²) in [5, 5.41) is 9.25. The number of carbonyl (C=O) groups is 1. The number of ether oxygens (including phenoxy) is 1. The van der Waals surface area contributed by atoms with E-state index in [1.807, 2.05) is 40.7 Å². The van der Waals surface area contributed by atoms with E-state index in [0.29, 0.717) is 13.1 Å². The van der Waals surface area contributed by atoms with Gasteiger partial charge >= 0.3 is 6.09 Å². The maximum absolute atomic E-state index is 11.9. The molecule has 0 aliphatic rings. The minimum absolute atomic E-state index is 0.0489. The Balaban J connectivity index is 2.26. The Kier molecular flexibility index (Phi) is 10.9. The molecule has 8 nitrogen and oxygen atoms in total. The SMILES string of the molecule is CCNC(=NCCCNC(=O)OC(C)(C)C)NCCCCn1c(C)cccc1=O. The molecule has 8 heteroatoms. The van der Waals surface area contributed by atoms with Gasteiger partial charge < -0.3 is 25.3 Å². The van der Waals surface area contributed by atoms with Crippen molar-refractivity contribution in [1.29, 1.82) is 0 Å². The molecule has 0 aromatic carbocycles. The van der Waals surface area contributed by atoms with Gasteiger partial charge in [0.2, 0.25) is 0 Å². The van der Waals surface area contributed by atoms with Crippen molar-refractivity contribution in [2.45, 2.75) is 66.0 Å². The van der Waals surface area contributed by atoms with Crippen LogP contribution in [0.5, 0.6) is 0 Å². The Bertz CT molecular complexity index is 707. The van der Waals surface area contributed by atoms with Crippen LogP contribution in [0, 0.1) is 6.92 Å². The van der Waals surface area contributed by atoms with Crippen molar-refractivity contribution < 1.29 is 9.53 Å². The lowest BCUT2D eigenvalue weighted by Crippen LogP contribution is -2.38. The third-order valence-corrected chi connectivity index (χ3v) is 3.99. The Morgan fingerprint density at radius 2 is 1.83 bits per heavy atom. The number of amides is 1. The van der Waals surface area contributed by atoms with Crippen LogP contribution in [0.4, 0.5) is 4.79 Å². The smallest absolute Gasteiger partial charge is 0.407 e. The third kappa shape index (κ3) is 11.2. The largest absolute Gasteiger partial charge is 0.444 e. The van der Waals surface area contributed by atoms with Crippen LogP contribution in [0.15, 0.2) is 28.0 Å². The molecule has 1 heterocycles. The second-order valence-electron chi connectivity index (χ2n) is 7.83. The fraction of sp³-hybridized carbons (Fsp3) is 0.667. The Labute approximate surface area is 174 Å². The van der Waals surface area contributed by atoms with Crippen LogP contribution in [0.2, 0.25) is 0 Å². The summed E-state index contributed by atoms with van der Waals surface area (Å²) in [7, 11) is 0. The summed E-state index contributed by atoms with van der Waals surface area (Å²) in [5.74, 6) is 0.762. The van der Waals surface area contributed by atoms with Crippen molar-refractivity contribution in [3.8, 4) is 0 Å². The summed E-state index contributed by atoms with van der Waals surface area (Å²) in [6.45, 7) is 12.9. The average Bonchev–Trinajstić information content (AvgIpc) is 2.61. The molecule has 0 saturated carbocycles. The topological polar surface area (TPSA) is 96.8 Å². The van der Waals surface area contributed by atoms with Gasteiger partial charge in [0, 0.05) is 44.5 Å². The van der Waals surface area contributed by atoms with Gasteiger partial charge in [0.1, 0.15) is 5.60 Å². The first-order chi connectivity index (χ1) is 13.7. The highest BCUT2D eigenvalue weighted by molar-refractivity contribution is 5.79. The van der Waals surface area contributed by atoms with Gasteiger partial charge in [0.05, 0.1) is 0 Å². The van der Waals surface area contributed by atoms with Crippen LogP contribution in [-0.2, 0) is 11.3 Å². The quantitative estimate of drug-likeness (QED) is 0.314. The van der Waals surface area contributed by atoms with Gasteiger partial charge in [-0.05, 0) is 59.9 Å². The summed E-state index contributed by atoms with van der Waals surface area (Å²) in [6.07, 6.45) is 2.17. The number of hydrogen-bond acceptors (Lipinski definition) is 4. The van der Waals surface area contributed by atoms with Crippen LogP contribution < -0.4 is 21.5 Å². The lowest BCUT2D eigenvalue weighted by atomic mass is 10.2. The standard InChI is InChI=1S/C21H37N5O3/c1-6-22-19(24-14-10-15-25-20(28)29-21(3,4)5)23-13-7-8-16-26-17(2)11-9-12-18(26)27/h9,11-12H,6-8,10,13-16H2,1-5H3,(H,25,28)(H2,22,23,24). The van der Waals surface area contributed by atoms with E-state index in [1.165, 1.54) is 0 Å². The number of unbranched alkanes of at least 4 members (excludes halogenated alkanes) is 1. The maximum atomic E-state index is 11.9. The number of pyridine rings is 1. The predicted molar refractivity (Wildman–Crippen MR) is 118 cm³/mol. The van der Waals surface area contributed by atoms with Crippen LogP contribution in [0.1, 0.15) is 52.7 Å². The van der Waals surface area contributed by atoms with Gasteiger partial charge in [-0.25, -0.2) is 4.79 Å². The van der Waals surface area contributed by atoms with Crippen molar-refractivity contribution >= 4 is 12.1 Å². The molecule has 1 rings (SSSR count). The lowest BCUT2D eigenvalue weighted by molar-refractivity contribution is 0.0527. The van der Waals surface area contributed by atoms with Crippen molar-refractivity contribution in [1.82, 2.24) is 20.5 Å². The molecule has 0 bridgehead atoms. The summed E-state index contributed by atoms with van der Waals surface area (Å²) in [6, 6.07) is 5.34. The number of rotatable bonds is 10. The number of aromatic nitrogens is 1. The van der Waals surface area contributed by atoms with E-state index >= 15 is 0 Å². The molecule has 0 aliphatic heterocycles. The predicted octanol–water partition coefficient (Wildman–Crippen LogP) is 2.41. The number of guanidine groups is 1. The fourth-order valence-electron chi connectivity index (χ4n) is 2.63. The lowest BCUT2D eigenvalue weighted by Gasteiger charge is -2.19. The Morgan fingerprint density at radius 3 is 2.48 bits per heavy atom. The van der Waals surface area contributed by atoms with Crippen LogP contribution in [-0.4, -0.2) is 48.4 Å². The molecule has 0 fully saturated rings. The van der Waals surface area contributed by atoms with Crippen molar-refractivity contribution in [2.75, 3.05) is 26.2 Å². The molecule has 164 valence electrons. The molecule has 29 heavy (non-hydrogen) atoms. The molecule has 0 spiro atoms. The zero-order valence-electron chi connectivity index (χ0n) is 18.5. The molecule has 1 aromatic rings. The number of alkyl carbamates (subject to hydrolysis) is 1. The van der Waals surface area contributed by atoms with Crippen molar-refractivity contribution in [3.05, 3.63) is 34.2 Å². The number of hydrogen-bond donors (Lipinski definition) is 3. The summed E-state index contributed by atoms with van der Waals surface area (Å²) in [4.78, 5) is 28.0. The van der Waals surface area contributed by atoms with Gasteiger partial charge in [0.25, 0.3) is 5.56 Å². The van der Waals surface area contributed by atoms with E-state index in [1.54, 1.807) is 16.7 Å². The number of aryl methyl sites for hydroxylation is 1. The Hall–Kier alpha value is -2.51. The summed E-state index contributed by atoms with van der Waals surface area (Å²) >= 11 is 0. The monoisotopic (exact) mass is 407 g/mol. The zero-order valence-corrected chi connectivity index (χ0v) is 18.5. The van der Waals surface area contributed by atoms with Gasteiger partial charge in [0.15, 0.2) is 5.96 Å². The molecule has 1 amide bonds. The van der Waals surface area contributed by atoms with Gasteiger partial charge in [-0.1, -0.05) is 6.07 Å². The van der Waals surface area contributed by atoms with E-state index in [-0.39, 0.29) is 5.56 Å². The number of aliphatic imine (C=N–C) groups is 1. The van der Waals surface area contributed by atoms with Gasteiger partial charge in [-0.2, -0.15) is 0 Å². The zero-order chi connectivity index (χ0) is 21.7. The van der Waals surface area contributed by atoms with Crippen LogP contribution >= 0.6 is 0 Å². The first-order valence-corrected chi connectivity index (χ1v) is 10.4. The normalized spacial score (nSPS) is 11.8. The van der Waals surface area contributed by atoms with Crippen LogP contribution in [0.25, 0.3) is 0 Å². The molecular weight excluding hydrogens is 370 g/mol. The molecule has 0 radical (unpaired) electrons. The highest BCUT2D eigenvalue weighted by Crippen LogP contribution is 2.06. The van der Waals surface area contributed by atoms with E-state index < -0.39 is 11.7 Å². The number of carbonyl (C=O) groups excluding carboxylic acids is 1. The molecule has 0 saturated heterocycles. The minimum Gasteiger partial charge on any atom is -0.444 e. The highest BCUT2D eigenvalue weighted by Gasteiger charge is 2.15. The van der Waals surface area contributed by atoms with Gasteiger partial charge in [-0.15, -0.1) is 0 Å². The number of nitrogens with zero attached hydrogens (tertiary/aromatic N) is 2. The first-order valence-electron chi connectivity index (χ1n) is 10.4. The van der Waals surface area contributed by atoms with Gasteiger partial charge in [-0.3, -0.25) is 9.79 Å². The molecule has 0 aliphatic carbocycles. The second-order valence-corrected chi connectivity index (χ2v) is 7.83. The molecule has 3 N–H and O–H groups in total. The molecule has 0 unspecified atom stereocenters. The van der Waals surface area contributed by atoms with Crippen LogP contribution in [0.3, 0.4) is 0 Å². The summed E-state index contributed by atoms with van der Waals surface area (Å²) in [5.41, 5.74) is 0.547. The minimum atomic E-state index is -0.489. The van der Waals surface area contributed by atoms with E-state index in [4.69, 9.17) is 4.74 Å². The molecule has 1 aromatic heterocycles. The van der Waals surface area contributed by atoms with E-state index in [9.17, 15) is 9.59 Å². The maximum Gasteiger partial charge on any atom is 0.407 e. The summed E-state index contributed by atoms with van der Waals surface area (Å²) < 4.78 is 7.00. The molecule has 0 atom stereocenters. The fourth-order valence-corrected chi connectivity index (χ4v) is 2.63. The van der Waals surface area contributed by atoms with E-state index in [2.05, 4.69) is 20.9 Å². The second kappa shape index (κ2) is 12.9. The molecular formula is C21H37N5O3. The third-order valence-electron chi connectivity index (χ3n) is 3.99. The Morgan fingerprint density at radius 1 is 1.10 bits per heavy atom. The van der Waals surface area contributed by atoms with Crippen molar-refractivity contribution in [3.63, 3.8) is 0 Å². The average molecular weight is 408 g/mol. The van der Waals surface area contributed by atoms with E-state index in [0.717, 1.165) is 50.6 Å². The first kappa shape index (κ1) is 24.5. The van der Waals surface area contributed by atoms with Crippen molar-refractivity contribution in [2.24, 2.45) is 4.99 Å². The number of nitrogens with one attached hydrogen (secondary N) is 3.